The van der Waals surface area contributed by atoms with Gasteiger partial charge in [-0.1, -0.05) is 0 Å². The number of aryl methyl sites for hydroxylation is 3. The van der Waals surface area contributed by atoms with Crippen LogP contribution >= 0.6 is 0 Å². The molecular formula is C23H29N9O3S. The summed E-state index contributed by atoms with van der Waals surface area (Å²) in [6.07, 6.45) is 5.05. The minimum atomic E-state index is -3.68. The van der Waals surface area contributed by atoms with E-state index in [9.17, 15) is 13.2 Å². The fourth-order valence-electron chi connectivity index (χ4n) is 4.57. The lowest BCUT2D eigenvalue weighted by molar-refractivity contribution is 0.0691. The van der Waals surface area contributed by atoms with Gasteiger partial charge in [-0.25, -0.2) is 17.9 Å². The molecule has 190 valence electrons. The molecule has 13 heteroatoms. The smallest absolute Gasteiger partial charge is 0.274 e. The average Bonchev–Trinajstić information content (AvgIpc) is 3.59. The van der Waals surface area contributed by atoms with Crippen LogP contribution in [0.2, 0.25) is 0 Å². The van der Waals surface area contributed by atoms with Crippen molar-refractivity contribution in [1.82, 2.24) is 43.4 Å². The summed E-state index contributed by atoms with van der Waals surface area (Å²) in [5.41, 5.74) is 4.03. The molecule has 5 rings (SSSR count). The highest BCUT2D eigenvalue weighted by atomic mass is 32.2. The maximum absolute atomic E-state index is 13.3. The summed E-state index contributed by atoms with van der Waals surface area (Å²) >= 11 is 0. The molecule has 0 atom stereocenters. The molecular weight excluding hydrogens is 482 g/mol. The number of nitrogens with zero attached hydrogens (tertiary/aromatic N) is 9. The van der Waals surface area contributed by atoms with E-state index in [-0.39, 0.29) is 42.7 Å². The topological polar surface area (TPSA) is 124 Å². The van der Waals surface area contributed by atoms with Gasteiger partial charge in [0, 0.05) is 69.0 Å². The first-order valence-electron chi connectivity index (χ1n) is 12.0. The first-order chi connectivity index (χ1) is 17.2. The molecule has 1 aliphatic rings. The maximum atomic E-state index is 13.3. The predicted octanol–water partition coefficient (Wildman–Crippen LogP) is 1.59. The summed E-state index contributed by atoms with van der Waals surface area (Å²) in [7, 11) is -3.68. The summed E-state index contributed by atoms with van der Waals surface area (Å²) in [6, 6.07) is 3.52. The van der Waals surface area contributed by atoms with E-state index in [0.717, 1.165) is 23.5 Å². The van der Waals surface area contributed by atoms with Crippen LogP contribution in [0.25, 0.3) is 16.9 Å². The highest BCUT2D eigenvalue weighted by Crippen LogP contribution is 2.25. The molecule has 0 spiro atoms. The van der Waals surface area contributed by atoms with E-state index < -0.39 is 10.0 Å². The number of sulfonamides is 1. The second kappa shape index (κ2) is 9.13. The lowest BCUT2D eigenvalue weighted by Crippen LogP contribution is -2.50. The maximum Gasteiger partial charge on any atom is 0.274 e. The Morgan fingerprint density at radius 1 is 1.06 bits per heavy atom. The first-order valence-corrected chi connectivity index (χ1v) is 13.4. The molecule has 4 aromatic heterocycles. The van der Waals surface area contributed by atoms with Crippen LogP contribution < -0.4 is 0 Å². The largest absolute Gasteiger partial charge is 0.335 e. The third-order valence-corrected chi connectivity index (χ3v) is 8.63. The summed E-state index contributed by atoms with van der Waals surface area (Å²) < 4.78 is 32.9. The van der Waals surface area contributed by atoms with Gasteiger partial charge in [-0.05, 0) is 33.8 Å². The Kier molecular flexibility index (Phi) is 6.12. The van der Waals surface area contributed by atoms with E-state index in [0.29, 0.717) is 17.9 Å². The monoisotopic (exact) mass is 511 g/mol. The van der Waals surface area contributed by atoms with Crippen molar-refractivity contribution in [3.63, 3.8) is 0 Å². The zero-order valence-corrected chi connectivity index (χ0v) is 21.6. The molecule has 1 saturated heterocycles. The second-order valence-electron chi connectivity index (χ2n) is 8.72. The molecule has 1 aliphatic heterocycles. The minimum absolute atomic E-state index is 0.205. The van der Waals surface area contributed by atoms with Crippen LogP contribution in [0.3, 0.4) is 0 Å². The van der Waals surface area contributed by atoms with Crippen molar-refractivity contribution in [3.05, 3.63) is 47.8 Å². The minimum Gasteiger partial charge on any atom is -0.335 e. The van der Waals surface area contributed by atoms with E-state index in [2.05, 4.69) is 20.3 Å². The van der Waals surface area contributed by atoms with Gasteiger partial charge in [-0.3, -0.25) is 14.2 Å². The predicted molar refractivity (Wildman–Crippen MR) is 132 cm³/mol. The highest BCUT2D eigenvalue weighted by Gasteiger charge is 2.33. The Labute approximate surface area is 209 Å². The molecule has 1 amide bonds. The number of hydrogen-bond acceptors (Lipinski definition) is 7. The quantitative estimate of drug-likeness (QED) is 0.385. The summed E-state index contributed by atoms with van der Waals surface area (Å²) in [5, 5.41) is 13.2. The van der Waals surface area contributed by atoms with Gasteiger partial charge in [0.25, 0.3) is 5.91 Å². The van der Waals surface area contributed by atoms with Gasteiger partial charge >= 0.3 is 0 Å². The fourth-order valence-corrected chi connectivity index (χ4v) is 6.16. The van der Waals surface area contributed by atoms with E-state index in [1.807, 2.05) is 31.5 Å². The zero-order valence-electron chi connectivity index (χ0n) is 20.8. The van der Waals surface area contributed by atoms with Gasteiger partial charge < -0.3 is 4.90 Å². The van der Waals surface area contributed by atoms with Crippen molar-refractivity contribution in [2.45, 2.75) is 45.7 Å². The van der Waals surface area contributed by atoms with Crippen LogP contribution in [0.1, 0.15) is 35.7 Å². The van der Waals surface area contributed by atoms with Crippen molar-refractivity contribution in [2.24, 2.45) is 0 Å². The molecule has 36 heavy (non-hydrogen) atoms. The Bertz CT molecular complexity index is 1540. The van der Waals surface area contributed by atoms with Crippen LogP contribution in [0.15, 0.2) is 35.6 Å². The van der Waals surface area contributed by atoms with Crippen molar-refractivity contribution < 1.29 is 13.2 Å². The van der Waals surface area contributed by atoms with Crippen LogP contribution in [0.5, 0.6) is 0 Å². The van der Waals surface area contributed by atoms with Crippen molar-refractivity contribution in [1.29, 1.82) is 0 Å². The van der Waals surface area contributed by atoms with Gasteiger partial charge in [0.05, 0.1) is 17.6 Å². The van der Waals surface area contributed by atoms with E-state index in [1.165, 1.54) is 4.31 Å². The van der Waals surface area contributed by atoms with Crippen molar-refractivity contribution >= 4 is 21.6 Å². The number of fused-ring (bicyclic) bond motifs is 1. The summed E-state index contributed by atoms with van der Waals surface area (Å²) in [6.45, 7) is 9.93. The SMILES string of the molecule is CCn1cc(S(=O)(=O)N2CCN(C(=O)c3cc4nccc(-c5cnn(CC)c5C)n4n3)CC2)c(C)n1. The van der Waals surface area contributed by atoms with Crippen LogP contribution in [0, 0.1) is 13.8 Å². The average molecular weight is 512 g/mol. The third kappa shape index (κ3) is 3.97. The van der Waals surface area contributed by atoms with Crippen molar-refractivity contribution in [2.75, 3.05) is 26.2 Å². The number of piperazine rings is 1. The standard InChI is InChI=1S/C23H29N9O3S/c1-5-29-15-21(16(3)26-29)36(34,35)30-11-9-28(10-12-30)23(33)19-13-22-24-8-7-20(32(22)27-19)18-14-25-31(6-2)17(18)4/h7-8,13-15H,5-6,9-12H2,1-4H3. The van der Waals surface area contributed by atoms with Crippen molar-refractivity contribution in [3.8, 4) is 11.3 Å². The van der Waals surface area contributed by atoms with E-state index in [1.54, 1.807) is 45.7 Å². The first kappa shape index (κ1) is 24.1. The van der Waals surface area contributed by atoms with Gasteiger partial charge in [-0.15, -0.1) is 0 Å². The molecule has 1 fully saturated rings. The molecule has 0 aliphatic carbocycles. The highest BCUT2D eigenvalue weighted by molar-refractivity contribution is 7.89. The number of carbonyl (C=O) groups is 1. The lowest BCUT2D eigenvalue weighted by atomic mass is 10.2. The number of rotatable bonds is 6. The summed E-state index contributed by atoms with van der Waals surface area (Å²) in [5.74, 6) is -0.251. The lowest BCUT2D eigenvalue weighted by Gasteiger charge is -2.33. The van der Waals surface area contributed by atoms with Crippen LogP contribution in [0.4, 0.5) is 0 Å². The Morgan fingerprint density at radius 3 is 2.44 bits per heavy atom. The van der Waals surface area contributed by atoms with Gasteiger partial charge in [0.1, 0.15) is 4.90 Å². The van der Waals surface area contributed by atoms with Crippen LogP contribution in [-0.4, -0.2) is 83.9 Å². The second-order valence-corrected chi connectivity index (χ2v) is 10.6. The van der Waals surface area contributed by atoms with E-state index in [4.69, 9.17) is 0 Å². The van der Waals surface area contributed by atoms with Crippen LogP contribution in [-0.2, 0) is 23.1 Å². The molecule has 0 N–H and O–H groups in total. The van der Waals surface area contributed by atoms with Gasteiger partial charge in [-0.2, -0.15) is 19.6 Å². The molecule has 0 unspecified atom stereocenters. The molecule has 0 bridgehead atoms. The number of aromatic nitrogens is 7. The van der Waals surface area contributed by atoms with E-state index >= 15 is 0 Å². The molecule has 0 radical (unpaired) electrons. The Morgan fingerprint density at radius 2 is 1.81 bits per heavy atom. The zero-order chi connectivity index (χ0) is 25.6. The fraction of sp³-hybridized carbons (Fsp3) is 0.435. The molecule has 0 aromatic carbocycles. The van der Waals surface area contributed by atoms with Gasteiger partial charge in [0.15, 0.2) is 11.3 Å². The third-order valence-electron chi connectivity index (χ3n) is 6.62. The molecule has 12 nitrogen and oxygen atoms in total. The molecule has 0 saturated carbocycles. The number of carbonyl (C=O) groups excluding carboxylic acids is 1. The molecule has 5 heterocycles. The summed E-state index contributed by atoms with van der Waals surface area (Å²) in [4.78, 5) is 19.5. The number of hydrogen-bond donors (Lipinski definition) is 0. The Hall–Kier alpha value is -3.58. The van der Waals surface area contributed by atoms with Gasteiger partial charge in [0.2, 0.25) is 10.0 Å². The number of amides is 1. The Balaban J connectivity index is 1.35. The normalized spacial score (nSPS) is 15.2. The molecule has 4 aromatic rings.